The lowest BCUT2D eigenvalue weighted by Crippen LogP contribution is -2.56. The molecule has 2 aliphatic carbocycles. The highest BCUT2D eigenvalue weighted by Crippen LogP contribution is 2.59. The monoisotopic (exact) mass is 630 g/mol. The minimum atomic E-state index is -0.0545. The molecule has 2 aromatic heterocycles. The number of hydrogen-bond donors (Lipinski definition) is 0. The summed E-state index contributed by atoms with van der Waals surface area (Å²) < 4.78 is 5.46. The van der Waals surface area contributed by atoms with Gasteiger partial charge >= 0.3 is 0 Å². The van der Waals surface area contributed by atoms with E-state index in [0.29, 0.717) is 18.0 Å². The maximum Gasteiger partial charge on any atom is 0.218 e. The third-order valence-electron chi connectivity index (χ3n) is 13.5. The molecule has 242 valence electrons. The highest BCUT2D eigenvalue weighted by atomic mass is 15.1. The van der Waals surface area contributed by atoms with Crippen molar-refractivity contribution in [2.45, 2.75) is 115 Å². The Kier molecular flexibility index (Phi) is 6.26. The largest absolute Gasteiger partial charge is 0.218 e. The average Bonchev–Trinajstić information content (AvgIpc) is 3.64. The van der Waals surface area contributed by atoms with Gasteiger partial charge in [-0.1, -0.05) is 116 Å². The Balaban J connectivity index is 1.21. The van der Waals surface area contributed by atoms with Gasteiger partial charge in [-0.05, 0) is 58.7 Å². The van der Waals surface area contributed by atoms with Crippen molar-refractivity contribution in [3.8, 4) is 33.6 Å². The quantitative estimate of drug-likeness (QED) is 0.158. The van der Waals surface area contributed by atoms with E-state index in [9.17, 15) is 0 Å². The summed E-state index contributed by atoms with van der Waals surface area (Å²) in [6.45, 7) is 19.4. The zero-order chi connectivity index (χ0) is 33.3. The molecule has 0 radical (unpaired) electrons. The Hall–Kier alpha value is -4.04. The van der Waals surface area contributed by atoms with Gasteiger partial charge in [0.05, 0.1) is 16.5 Å². The van der Waals surface area contributed by atoms with Crippen molar-refractivity contribution in [1.29, 1.82) is 0 Å². The van der Waals surface area contributed by atoms with Gasteiger partial charge in [-0.15, -0.1) is 0 Å². The Bertz CT molecular complexity index is 2140. The molecule has 0 saturated heterocycles. The fraction of sp³-hybridized carbons (Fsp3) is 0.391. The van der Waals surface area contributed by atoms with Crippen LogP contribution in [0, 0.1) is 0 Å². The van der Waals surface area contributed by atoms with Gasteiger partial charge in [-0.3, -0.25) is 0 Å². The minimum Gasteiger partial charge on any atom is -0.194 e. The zero-order valence-electron chi connectivity index (χ0n) is 30.1. The first-order valence-electron chi connectivity index (χ1n) is 18.6. The highest BCUT2D eigenvalue weighted by molar-refractivity contribution is 5.88. The van der Waals surface area contributed by atoms with Crippen LogP contribution in [0.25, 0.3) is 33.6 Å². The molecule has 4 aliphatic rings. The van der Waals surface area contributed by atoms with Crippen molar-refractivity contribution in [1.82, 2.24) is 0 Å². The number of benzene rings is 3. The van der Waals surface area contributed by atoms with E-state index in [1.807, 2.05) is 0 Å². The standard InChI is InChI=1S/C46H50N2/c1-9-46(10-2)34-19-14-18-33-40(34)42-35(44(33,5)6)20-15-25-47(42)38(46)24-23-37-32-22-21-31(29-16-12-11-13-17-29)41-39(32)43-36(45(41,7)8)26-30(28(3)4)27-48(37)43/h11-22,25-28,37-38H,9-10,23-24H2,1-8H3/q+2. The Morgan fingerprint density at radius 3 is 2.10 bits per heavy atom. The second-order valence-corrected chi connectivity index (χ2v) is 16.5. The molecule has 2 atom stereocenters. The first-order chi connectivity index (χ1) is 23.1. The maximum atomic E-state index is 2.74. The predicted octanol–water partition coefficient (Wildman–Crippen LogP) is 10.7. The molecule has 2 aliphatic heterocycles. The van der Waals surface area contributed by atoms with Gasteiger partial charge in [0.25, 0.3) is 0 Å². The summed E-state index contributed by atoms with van der Waals surface area (Å²) in [4.78, 5) is 0. The van der Waals surface area contributed by atoms with Crippen LogP contribution in [0.5, 0.6) is 0 Å². The van der Waals surface area contributed by atoms with E-state index in [1.165, 1.54) is 67.0 Å². The number of aromatic nitrogens is 2. The van der Waals surface area contributed by atoms with Crippen LogP contribution in [0.3, 0.4) is 0 Å². The molecule has 0 saturated carbocycles. The SMILES string of the molecule is CCC1(CC)c2cccc3c2-c2c(ccc[n+]2C1CCC1c2ccc(-c4ccccc4)c4c2-c2c(cc(C(C)C)c[n+]21)C4(C)C)C3(C)C. The molecular formula is C46H50N2+2. The number of pyridine rings is 2. The lowest BCUT2D eigenvalue weighted by molar-refractivity contribution is -0.730. The predicted molar refractivity (Wildman–Crippen MR) is 197 cm³/mol. The lowest BCUT2D eigenvalue weighted by Gasteiger charge is -2.41. The summed E-state index contributed by atoms with van der Waals surface area (Å²) in [5, 5.41) is 0. The van der Waals surface area contributed by atoms with Crippen molar-refractivity contribution in [3.63, 3.8) is 0 Å². The summed E-state index contributed by atoms with van der Waals surface area (Å²) >= 11 is 0. The van der Waals surface area contributed by atoms with E-state index < -0.39 is 0 Å². The summed E-state index contributed by atoms with van der Waals surface area (Å²) in [6, 6.07) is 31.2. The number of hydrogen-bond acceptors (Lipinski definition) is 0. The van der Waals surface area contributed by atoms with E-state index in [2.05, 4.69) is 156 Å². The van der Waals surface area contributed by atoms with Crippen molar-refractivity contribution in [3.05, 3.63) is 130 Å². The van der Waals surface area contributed by atoms with Crippen LogP contribution < -0.4 is 9.13 Å². The second kappa shape index (κ2) is 10.0. The minimum absolute atomic E-state index is 0.0191. The third-order valence-corrected chi connectivity index (χ3v) is 13.5. The third kappa shape index (κ3) is 3.59. The Morgan fingerprint density at radius 1 is 0.667 bits per heavy atom. The molecule has 2 nitrogen and oxygen atoms in total. The first kappa shape index (κ1) is 30.1. The van der Waals surface area contributed by atoms with Crippen LogP contribution in [-0.2, 0) is 16.2 Å². The normalized spacial score (nSPS) is 20.7. The van der Waals surface area contributed by atoms with Crippen molar-refractivity contribution in [2.24, 2.45) is 0 Å². The molecule has 48 heavy (non-hydrogen) atoms. The smallest absolute Gasteiger partial charge is 0.194 e. The number of rotatable bonds is 7. The van der Waals surface area contributed by atoms with E-state index >= 15 is 0 Å². The van der Waals surface area contributed by atoms with Gasteiger partial charge in [0.1, 0.15) is 0 Å². The van der Waals surface area contributed by atoms with Crippen LogP contribution in [-0.4, -0.2) is 0 Å². The molecule has 3 aromatic carbocycles. The summed E-state index contributed by atoms with van der Waals surface area (Å²) in [5.41, 5.74) is 19.4. The van der Waals surface area contributed by atoms with Gasteiger partial charge in [0.2, 0.25) is 11.4 Å². The molecule has 0 fully saturated rings. The maximum absolute atomic E-state index is 2.74. The van der Waals surface area contributed by atoms with E-state index in [-0.39, 0.29) is 16.2 Å². The Morgan fingerprint density at radius 2 is 1.38 bits per heavy atom. The Labute approximate surface area is 287 Å². The second-order valence-electron chi connectivity index (χ2n) is 16.5. The summed E-state index contributed by atoms with van der Waals surface area (Å²) in [7, 11) is 0. The molecule has 4 heterocycles. The lowest BCUT2D eigenvalue weighted by atomic mass is 9.64. The molecule has 9 rings (SSSR count). The van der Waals surface area contributed by atoms with Crippen LogP contribution >= 0.6 is 0 Å². The van der Waals surface area contributed by atoms with E-state index in [1.54, 1.807) is 5.56 Å². The highest BCUT2D eigenvalue weighted by Gasteiger charge is 2.57. The van der Waals surface area contributed by atoms with E-state index in [0.717, 1.165) is 25.7 Å². The van der Waals surface area contributed by atoms with Crippen LogP contribution in [0.1, 0.15) is 138 Å². The van der Waals surface area contributed by atoms with E-state index in [4.69, 9.17) is 0 Å². The molecule has 2 heteroatoms. The average molecular weight is 631 g/mol. The van der Waals surface area contributed by atoms with Crippen LogP contribution in [0.4, 0.5) is 0 Å². The molecule has 0 amide bonds. The molecule has 2 unspecified atom stereocenters. The fourth-order valence-corrected chi connectivity index (χ4v) is 10.9. The van der Waals surface area contributed by atoms with Gasteiger partial charge in [0, 0.05) is 52.0 Å². The first-order valence-corrected chi connectivity index (χ1v) is 18.6. The summed E-state index contributed by atoms with van der Waals surface area (Å²) in [6.07, 6.45) is 9.49. The van der Waals surface area contributed by atoms with Crippen LogP contribution in [0.2, 0.25) is 0 Å². The molecule has 0 bridgehead atoms. The molecular weight excluding hydrogens is 581 g/mol. The zero-order valence-corrected chi connectivity index (χ0v) is 30.1. The van der Waals surface area contributed by atoms with Gasteiger partial charge in [0.15, 0.2) is 24.5 Å². The summed E-state index contributed by atoms with van der Waals surface area (Å²) in [5.74, 6) is 0.478. The topological polar surface area (TPSA) is 7.76 Å². The fourth-order valence-electron chi connectivity index (χ4n) is 10.9. The van der Waals surface area contributed by atoms with Crippen molar-refractivity contribution >= 4 is 0 Å². The van der Waals surface area contributed by atoms with Gasteiger partial charge in [-0.2, -0.15) is 9.13 Å². The van der Waals surface area contributed by atoms with Crippen molar-refractivity contribution in [2.75, 3.05) is 0 Å². The van der Waals surface area contributed by atoms with Gasteiger partial charge < -0.3 is 0 Å². The van der Waals surface area contributed by atoms with Crippen molar-refractivity contribution < 1.29 is 9.13 Å². The number of nitrogens with zero attached hydrogens (tertiary/aromatic N) is 2. The van der Waals surface area contributed by atoms with Gasteiger partial charge in [-0.25, -0.2) is 0 Å². The molecule has 0 spiro atoms. The van der Waals surface area contributed by atoms with Crippen LogP contribution in [0.15, 0.2) is 91.3 Å². The molecule has 0 N–H and O–H groups in total. The molecule has 5 aromatic rings.